The highest BCUT2D eigenvalue weighted by atomic mass is 32.1. The van der Waals surface area contributed by atoms with Crippen LogP contribution in [0, 0.1) is 6.92 Å². The lowest BCUT2D eigenvalue weighted by Crippen LogP contribution is -2.11. The van der Waals surface area contributed by atoms with Gasteiger partial charge in [-0.3, -0.25) is 0 Å². The van der Waals surface area contributed by atoms with E-state index in [1.807, 2.05) is 0 Å². The van der Waals surface area contributed by atoms with Gasteiger partial charge in [0, 0.05) is 5.56 Å². The van der Waals surface area contributed by atoms with Gasteiger partial charge in [-0.2, -0.15) is 13.2 Å². The summed E-state index contributed by atoms with van der Waals surface area (Å²) < 4.78 is 44.0. The number of aryl methyl sites for hydroxylation is 1. The monoisotopic (exact) mass is 311 g/mol. The third-order valence-corrected chi connectivity index (χ3v) is 3.10. The van der Waals surface area contributed by atoms with Crippen molar-refractivity contribution in [1.82, 2.24) is 0 Å². The quantitative estimate of drug-likeness (QED) is 0.851. The summed E-state index contributed by atoms with van der Waals surface area (Å²) in [7, 11) is 0. The first-order valence-corrected chi connectivity index (χ1v) is 6.44. The predicted octanol–water partition coefficient (Wildman–Crippen LogP) is 4.44. The Hall–Kier alpha value is -2.08. The number of hydrogen-bond acceptors (Lipinski definition) is 2. The number of hydrogen-bond donors (Lipinski definition) is 1. The molecular formula is C15H12F3NOS. The van der Waals surface area contributed by atoms with Gasteiger partial charge in [-0.1, -0.05) is 24.4 Å². The van der Waals surface area contributed by atoms with Crippen molar-refractivity contribution in [3.63, 3.8) is 0 Å². The van der Waals surface area contributed by atoms with Gasteiger partial charge in [-0.25, -0.2) is 0 Å². The lowest BCUT2D eigenvalue weighted by molar-refractivity contribution is -0.138. The SMILES string of the molecule is Cc1cc(Oc2ccccc2C(F)(F)F)ccc1C(N)=S. The summed E-state index contributed by atoms with van der Waals surface area (Å²) in [6.07, 6.45) is -4.47. The van der Waals surface area contributed by atoms with Crippen LogP contribution in [0.1, 0.15) is 16.7 Å². The zero-order valence-corrected chi connectivity index (χ0v) is 11.9. The molecule has 0 saturated carbocycles. The molecule has 0 fully saturated rings. The second kappa shape index (κ2) is 5.73. The van der Waals surface area contributed by atoms with Crippen LogP contribution in [0.3, 0.4) is 0 Å². The second-order valence-corrected chi connectivity index (χ2v) is 4.88. The van der Waals surface area contributed by atoms with E-state index in [9.17, 15) is 13.2 Å². The minimum absolute atomic E-state index is 0.231. The first-order valence-electron chi connectivity index (χ1n) is 6.03. The van der Waals surface area contributed by atoms with E-state index in [-0.39, 0.29) is 10.7 Å². The highest BCUT2D eigenvalue weighted by molar-refractivity contribution is 7.80. The average molecular weight is 311 g/mol. The van der Waals surface area contributed by atoms with Crippen LogP contribution < -0.4 is 10.5 Å². The van der Waals surface area contributed by atoms with Crippen LogP contribution >= 0.6 is 12.2 Å². The Kier molecular flexibility index (Phi) is 4.18. The molecule has 0 heterocycles. The Morgan fingerprint density at radius 2 is 1.81 bits per heavy atom. The molecule has 2 aromatic carbocycles. The molecule has 0 saturated heterocycles. The zero-order valence-electron chi connectivity index (χ0n) is 11.1. The topological polar surface area (TPSA) is 35.2 Å². The van der Waals surface area contributed by atoms with E-state index in [1.54, 1.807) is 19.1 Å². The van der Waals surface area contributed by atoms with Gasteiger partial charge >= 0.3 is 6.18 Å². The fourth-order valence-electron chi connectivity index (χ4n) is 1.89. The van der Waals surface area contributed by atoms with Crippen molar-refractivity contribution in [2.45, 2.75) is 13.1 Å². The van der Waals surface area contributed by atoms with Crippen molar-refractivity contribution in [2.24, 2.45) is 5.73 Å². The number of alkyl halides is 3. The highest BCUT2D eigenvalue weighted by Gasteiger charge is 2.34. The lowest BCUT2D eigenvalue weighted by Gasteiger charge is -2.14. The zero-order chi connectivity index (χ0) is 15.6. The predicted molar refractivity (Wildman–Crippen MR) is 78.6 cm³/mol. The van der Waals surface area contributed by atoms with Crippen molar-refractivity contribution in [3.05, 3.63) is 59.2 Å². The molecular weight excluding hydrogens is 299 g/mol. The number of benzene rings is 2. The van der Waals surface area contributed by atoms with Gasteiger partial charge in [-0.05, 0) is 42.8 Å². The van der Waals surface area contributed by atoms with Crippen molar-refractivity contribution in [2.75, 3.05) is 0 Å². The van der Waals surface area contributed by atoms with Gasteiger partial charge < -0.3 is 10.5 Å². The highest BCUT2D eigenvalue weighted by Crippen LogP contribution is 2.38. The molecule has 0 aromatic heterocycles. The summed E-state index contributed by atoms with van der Waals surface area (Å²) in [6.45, 7) is 1.76. The van der Waals surface area contributed by atoms with Crippen molar-refractivity contribution >= 4 is 17.2 Å². The van der Waals surface area contributed by atoms with Crippen LogP contribution in [0.25, 0.3) is 0 Å². The maximum absolute atomic E-state index is 12.9. The summed E-state index contributed by atoms with van der Waals surface area (Å²) in [6, 6.07) is 9.82. The van der Waals surface area contributed by atoms with E-state index in [0.717, 1.165) is 11.6 Å². The minimum Gasteiger partial charge on any atom is -0.457 e. The largest absolute Gasteiger partial charge is 0.457 e. The van der Waals surface area contributed by atoms with E-state index < -0.39 is 11.7 Å². The molecule has 0 aliphatic heterocycles. The molecule has 2 aromatic rings. The van der Waals surface area contributed by atoms with Gasteiger partial charge in [-0.15, -0.1) is 0 Å². The Morgan fingerprint density at radius 1 is 1.14 bits per heavy atom. The lowest BCUT2D eigenvalue weighted by atomic mass is 10.1. The molecule has 0 radical (unpaired) electrons. The molecule has 0 amide bonds. The molecule has 6 heteroatoms. The van der Waals surface area contributed by atoms with Crippen LogP contribution in [0.15, 0.2) is 42.5 Å². The Balaban J connectivity index is 2.35. The Bertz CT molecular complexity index is 683. The van der Waals surface area contributed by atoms with E-state index in [0.29, 0.717) is 11.3 Å². The number of nitrogens with two attached hydrogens (primary N) is 1. The minimum atomic E-state index is -4.47. The van der Waals surface area contributed by atoms with Gasteiger partial charge in [0.15, 0.2) is 0 Å². The average Bonchev–Trinajstić information content (AvgIpc) is 2.37. The first kappa shape index (κ1) is 15.3. The molecule has 0 aliphatic carbocycles. The molecule has 0 atom stereocenters. The van der Waals surface area contributed by atoms with Crippen LogP contribution in [-0.2, 0) is 6.18 Å². The van der Waals surface area contributed by atoms with Crippen LogP contribution in [0.2, 0.25) is 0 Å². The summed E-state index contributed by atoms with van der Waals surface area (Å²) in [5, 5.41) is 0. The molecule has 0 unspecified atom stereocenters. The van der Waals surface area contributed by atoms with Crippen LogP contribution in [0.5, 0.6) is 11.5 Å². The van der Waals surface area contributed by atoms with Crippen LogP contribution in [-0.4, -0.2) is 4.99 Å². The molecule has 110 valence electrons. The van der Waals surface area contributed by atoms with E-state index >= 15 is 0 Å². The summed E-state index contributed by atoms with van der Waals surface area (Å²) >= 11 is 4.88. The van der Waals surface area contributed by atoms with Crippen molar-refractivity contribution in [3.8, 4) is 11.5 Å². The fraction of sp³-hybridized carbons (Fsp3) is 0.133. The summed E-state index contributed by atoms with van der Waals surface area (Å²) in [5.41, 5.74) is 6.13. The number of thiocarbonyl (C=S) groups is 1. The molecule has 0 spiro atoms. The van der Waals surface area contributed by atoms with Gasteiger partial charge in [0.1, 0.15) is 16.5 Å². The first-order chi connectivity index (χ1) is 9.79. The standard InChI is InChI=1S/C15H12F3NOS/c1-9-8-10(6-7-11(9)14(19)21)20-13-5-3-2-4-12(13)15(16,17)18/h2-8H,1H3,(H2,19,21). The number of ether oxygens (including phenoxy) is 1. The molecule has 2 nitrogen and oxygen atoms in total. The van der Waals surface area contributed by atoms with Gasteiger partial charge in [0.05, 0.1) is 5.56 Å². The van der Waals surface area contributed by atoms with Crippen molar-refractivity contribution < 1.29 is 17.9 Å². The Morgan fingerprint density at radius 3 is 2.38 bits per heavy atom. The smallest absolute Gasteiger partial charge is 0.419 e. The summed E-state index contributed by atoms with van der Waals surface area (Å²) in [5.74, 6) is 0.0525. The fourth-order valence-corrected chi connectivity index (χ4v) is 2.12. The van der Waals surface area contributed by atoms with Gasteiger partial charge in [0.2, 0.25) is 0 Å². The Labute approximate surface area is 125 Å². The van der Waals surface area contributed by atoms with Gasteiger partial charge in [0.25, 0.3) is 0 Å². The summed E-state index contributed by atoms with van der Waals surface area (Å²) in [4.78, 5) is 0.231. The molecule has 2 rings (SSSR count). The van der Waals surface area contributed by atoms with Crippen LogP contribution in [0.4, 0.5) is 13.2 Å². The third-order valence-electron chi connectivity index (χ3n) is 2.88. The maximum Gasteiger partial charge on any atom is 0.419 e. The number of halogens is 3. The van der Waals surface area contributed by atoms with E-state index in [2.05, 4.69) is 0 Å². The molecule has 0 aliphatic rings. The molecule has 2 N–H and O–H groups in total. The maximum atomic E-state index is 12.9. The molecule has 21 heavy (non-hydrogen) atoms. The number of para-hydroxylation sites is 1. The van der Waals surface area contributed by atoms with Crippen molar-refractivity contribution in [1.29, 1.82) is 0 Å². The third kappa shape index (κ3) is 3.52. The molecule has 0 bridgehead atoms. The van der Waals surface area contributed by atoms with E-state index in [1.165, 1.54) is 24.3 Å². The normalized spacial score (nSPS) is 11.2. The van der Waals surface area contributed by atoms with E-state index in [4.69, 9.17) is 22.7 Å². The number of rotatable bonds is 3. The second-order valence-electron chi connectivity index (χ2n) is 4.44.